The second kappa shape index (κ2) is 17.6. The monoisotopic (exact) mass is 708 g/mol. The summed E-state index contributed by atoms with van der Waals surface area (Å²) in [6.45, 7) is 5.76. The number of amides is 4. The molecule has 0 radical (unpaired) electrons. The Morgan fingerprint density at radius 1 is 0.725 bits per heavy atom. The number of rotatable bonds is 13. The quantitative estimate of drug-likeness (QED) is 0.115. The lowest BCUT2D eigenvalue weighted by Crippen LogP contribution is -2.54. The number of hydrazine groups is 1. The number of alkyl carbamates (subject to hydrolysis) is 2. The van der Waals surface area contributed by atoms with Crippen molar-refractivity contribution >= 4 is 35.8 Å². The summed E-state index contributed by atoms with van der Waals surface area (Å²) in [7, 11) is 0. The van der Waals surface area contributed by atoms with Crippen molar-refractivity contribution in [2.45, 2.75) is 63.5 Å². The molecular weight excluding hydrogens is 665 g/mol. The van der Waals surface area contributed by atoms with Crippen molar-refractivity contribution in [3.05, 3.63) is 131 Å². The third kappa shape index (κ3) is 11.1. The van der Waals surface area contributed by atoms with Crippen LogP contribution in [0.15, 0.2) is 103 Å². The lowest BCUT2D eigenvalue weighted by molar-refractivity contribution is -0.129. The number of thioether (sulfide) groups is 1. The average Bonchev–Trinajstić information content (AvgIpc) is 3.44. The molecule has 4 N–H and O–H groups in total. The first kappa shape index (κ1) is 37.0. The fourth-order valence-electron chi connectivity index (χ4n) is 5.69. The molecule has 0 saturated heterocycles. The molecule has 0 fully saturated rings. The molecule has 11 heteroatoms. The van der Waals surface area contributed by atoms with Gasteiger partial charge in [-0.25, -0.2) is 9.59 Å². The minimum atomic E-state index is -0.927. The molecule has 4 aromatic carbocycles. The summed E-state index contributed by atoms with van der Waals surface area (Å²) in [5.41, 5.74) is 11.7. The zero-order valence-corrected chi connectivity index (χ0v) is 29.9. The third-order valence-electron chi connectivity index (χ3n) is 8.17. The SMILES string of the molecule is CC(C)(C)OC(=O)N[C@H](CSCc1ccccc1)C(=O)NNC(=O)CCc1ccc(CNC(=O)OCC2c3ccccc3-c3ccccc32)cc1. The summed E-state index contributed by atoms with van der Waals surface area (Å²) in [5.74, 6) is -0.0113. The van der Waals surface area contributed by atoms with Crippen LogP contribution in [0.5, 0.6) is 0 Å². The molecule has 0 spiro atoms. The Morgan fingerprint density at radius 2 is 1.33 bits per heavy atom. The van der Waals surface area contributed by atoms with E-state index in [0.29, 0.717) is 18.7 Å². The van der Waals surface area contributed by atoms with Crippen LogP contribution in [-0.2, 0) is 37.8 Å². The average molecular weight is 709 g/mol. The van der Waals surface area contributed by atoms with Gasteiger partial charge < -0.3 is 20.1 Å². The summed E-state index contributed by atoms with van der Waals surface area (Å²) >= 11 is 1.48. The van der Waals surface area contributed by atoms with Crippen molar-refractivity contribution in [1.82, 2.24) is 21.5 Å². The van der Waals surface area contributed by atoms with Crippen molar-refractivity contribution < 1.29 is 28.7 Å². The highest BCUT2D eigenvalue weighted by molar-refractivity contribution is 7.98. The van der Waals surface area contributed by atoms with E-state index in [1.807, 2.05) is 78.9 Å². The van der Waals surface area contributed by atoms with Crippen LogP contribution in [0, 0.1) is 0 Å². The third-order valence-corrected chi connectivity index (χ3v) is 9.28. The first-order valence-electron chi connectivity index (χ1n) is 16.9. The second-order valence-corrected chi connectivity index (χ2v) is 14.3. The van der Waals surface area contributed by atoms with E-state index < -0.39 is 29.7 Å². The van der Waals surface area contributed by atoms with E-state index in [2.05, 4.69) is 45.8 Å². The number of carbonyl (C=O) groups excluding carboxylic acids is 4. The van der Waals surface area contributed by atoms with Crippen LogP contribution in [0.3, 0.4) is 0 Å². The van der Waals surface area contributed by atoms with E-state index in [4.69, 9.17) is 9.47 Å². The molecule has 1 atom stereocenters. The molecule has 4 aromatic rings. The number of nitrogens with one attached hydrogen (secondary N) is 4. The molecule has 1 aliphatic carbocycles. The zero-order valence-electron chi connectivity index (χ0n) is 29.1. The van der Waals surface area contributed by atoms with Gasteiger partial charge in [0, 0.05) is 30.4 Å². The fraction of sp³-hybridized carbons (Fsp3) is 0.300. The summed E-state index contributed by atoms with van der Waals surface area (Å²) in [4.78, 5) is 50.5. The Balaban J connectivity index is 1.03. The maximum atomic E-state index is 13.0. The van der Waals surface area contributed by atoms with E-state index in [0.717, 1.165) is 27.8 Å². The topological polar surface area (TPSA) is 135 Å². The molecule has 4 amide bonds. The van der Waals surface area contributed by atoms with E-state index in [1.165, 1.54) is 22.9 Å². The van der Waals surface area contributed by atoms with Gasteiger partial charge in [-0.1, -0.05) is 103 Å². The van der Waals surface area contributed by atoms with Crippen molar-refractivity contribution in [3.8, 4) is 11.1 Å². The first-order valence-corrected chi connectivity index (χ1v) is 18.1. The van der Waals surface area contributed by atoms with Gasteiger partial charge in [-0.15, -0.1) is 0 Å². The number of fused-ring (bicyclic) bond motifs is 3. The van der Waals surface area contributed by atoms with Crippen LogP contribution in [0.4, 0.5) is 9.59 Å². The van der Waals surface area contributed by atoms with E-state index in [9.17, 15) is 19.2 Å². The molecule has 0 aromatic heterocycles. The van der Waals surface area contributed by atoms with Gasteiger partial charge in [-0.3, -0.25) is 20.4 Å². The fourth-order valence-corrected chi connectivity index (χ4v) is 6.70. The number of carbonyl (C=O) groups is 4. The van der Waals surface area contributed by atoms with Gasteiger partial charge in [-0.2, -0.15) is 11.8 Å². The van der Waals surface area contributed by atoms with Crippen LogP contribution in [0.1, 0.15) is 60.9 Å². The molecular formula is C40H44N4O6S. The lowest BCUT2D eigenvalue weighted by atomic mass is 9.98. The summed E-state index contributed by atoms with van der Waals surface area (Å²) in [5, 5.41) is 5.43. The van der Waals surface area contributed by atoms with Crippen LogP contribution in [0.2, 0.25) is 0 Å². The highest BCUT2D eigenvalue weighted by Gasteiger charge is 2.29. The molecule has 0 unspecified atom stereocenters. The van der Waals surface area contributed by atoms with E-state index in [1.54, 1.807) is 20.8 Å². The van der Waals surface area contributed by atoms with Crippen molar-refractivity contribution in [2.75, 3.05) is 12.4 Å². The molecule has 1 aliphatic rings. The highest BCUT2D eigenvalue weighted by atomic mass is 32.2. The highest BCUT2D eigenvalue weighted by Crippen LogP contribution is 2.44. The maximum absolute atomic E-state index is 13.0. The minimum Gasteiger partial charge on any atom is -0.449 e. The minimum absolute atomic E-state index is 0.00721. The predicted molar refractivity (Wildman–Crippen MR) is 199 cm³/mol. The molecule has 10 nitrogen and oxygen atoms in total. The Hall–Kier alpha value is -5.29. The van der Waals surface area contributed by atoms with Gasteiger partial charge in [0.05, 0.1) is 0 Å². The molecule has 266 valence electrons. The molecule has 51 heavy (non-hydrogen) atoms. The Morgan fingerprint density at radius 3 is 1.98 bits per heavy atom. The Bertz CT molecular complexity index is 1760. The van der Waals surface area contributed by atoms with E-state index >= 15 is 0 Å². The lowest BCUT2D eigenvalue weighted by Gasteiger charge is -2.23. The van der Waals surface area contributed by atoms with Gasteiger partial charge >= 0.3 is 12.2 Å². The van der Waals surface area contributed by atoms with Gasteiger partial charge in [0.15, 0.2) is 0 Å². The van der Waals surface area contributed by atoms with Crippen LogP contribution in [0.25, 0.3) is 11.1 Å². The summed E-state index contributed by atoms with van der Waals surface area (Å²) < 4.78 is 11.0. The first-order chi connectivity index (χ1) is 24.6. The molecule has 0 saturated carbocycles. The molecule has 0 heterocycles. The van der Waals surface area contributed by atoms with Gasteiger partial charge in [-0.05, 0) is 66.1 Å². The number of hydrogen-bond acceptors (Lipinski definition) is 7. The summed E-state index contributed by atoms with van der Waals surface area (Å²) in [6, 6.07) is 32.8. The number of benzene rings is 4. The van der Waals surface area contributed by atoms with Gasteiger partial charge in [0.2, 0.25) is 5.91 Å². The van der Waals surface area contributed by atoms with E-state index in [-0.39, 0.29) is 30.6 Å². The number of aryl methyl sites for hydroxylation is 1. The predicted octanol–water partition coefficient (Wildman–Crippen LogP) is 6.63. The van der Waals surface area contributed by atoms with Crippen molar-refractivity contribution in [1.29, 1.82) is 0 Å². The standard InChI is InChI=1S/C40H44N4O6S/c1-40(2,3)50-39(48)42-35(26-51-25-29-11-5-4-6-12-29)37(46)44-43-36(45)22-21-27-17-19-28(20-18-27)23-41-38(47)49-24-34-32-15-9-7-13-30(32)31-14-8-10-16-33(31)34/h4-20,34-35H,21-26H2,1-3H3,(H,41,47)(H,42,48)(H,43,45)(H,44,46)/t35-/m1/s1. The van der Waals surface area contributed by atoms with Gasteiger partial charge in [0.25, 0.3) is 5.91 Å². The molecule has 5 rings (SSSR count). The van der Waals surface area contributed by atoms with Crippen molar-refractivity contribution in [2.24, 2.45) is 0 Å². The maximum Gasteiger partial charge on any atom is 0.408 e. The normalized spacial score (nSPS) is 12.5. The smallest absolute Gasteiger partial charge is 0.408 e. The number of hydrogen-bond donors (Lipinski definition) is 4. The Labute approximate surface area is 303 Å². The van der Waals surface area contributed by atoms with Crippen molar-refractivity contribution in [3.63, 3.8) is 0 Å². The van der Waals surface area contributed by atoms with Crippen LogP contribution < -0.4 is 21.5 Å². The summed E-state index contributed by atoms with van der Waals surface area (Å²) in [6.07, 6.45) is -0.636. The largest absolute Gasteiger partial charge is 0.449 e. The molecule has 0 aliphatic heterocycles. The molecule has 0 bridgehead atoms. The van der Waals surface area contributed by atoms with Gasteiger partial charge in [0.1, 0.15) is 18.2 Å². The van der Waals surface area contributed by atoms with Crippen LogP contribution in [-0.4, -0.2) is 48.0 Å². The van der Waals surface area contributed by atoms with Crippen LogP contribution >= 0.6 is 11.8 Å². The Kier molecular flexibility index (Phi) is 12.7. The zero-order chi connectivity index (χ0) is 36.2. The number of ether oxygens (including phenoxy) is 2. The second-order valence-electron chi connectivity index (χ2n) is 13.2.